The molecule has 2 aliphatic rings. The highest BCUT2D eigenvalue weighted by Gasteiger charge is 2.35. The van der Waals surface area contributed by atoms with Gasteiger partial charge in [-0.05, 0) is 30.7 Å². The summed E-state index contributed by atoms with van der Waals surface area (Å²) in [5.41, 5.74) is 3.89. The number of nitrogens with zero attached hydrogens (tertiary/aromatic N) is 2. The molecule has 1 saturated heterocycles. The molecule has 0 bridgehead atoms. The Morgan fingerprint density at radius 2 is 2.12 bits per heavy atom. The largest absolute Gasteiger partial charge is 0.308 e. The zero-order valence-electron chi connectivity index (χ0n) is 10.1. The number of nitrogens with one attached hydrogen (secondary N) is 1. The summed E-state index contributed by atoms with van der Waals surface area (Å²) in [5.74, 6) is 8.19. The van der Waals surface area contributed by atoms with Crippen LogP contribution in [0.5, 0.6) is 0 Å². The Morgan fingerprint density at radius 1 is 1.35 bits per heavy atom. The van der Waals surface area contributed by atoms with E-state index in [0.717, 1.165) is 24.2 Å². The average Bonchev–Trinajstić information content (AvgIpc) is 2.90. The molecule has 1 aliphatic heterocycles. The molecule has 4 heteroatoms. The molecule has 1 aromatic rings. The van der Waals surface area contributed by atoms with Crippen LogP contribution in [0.2, 0.25) is 0 Å². The molecular formula is C13H20N4. The second-order valence-corrected chi connectivity index (χ2v) is 5.30. The molecule has 1 aromatic heterocycles. The fraction of sp³-hybridized carbons (Fsp3) is 0.615. The molecule has 0 amide bonds. The Morgan fingerprint density at radius 3 is 2.82 bits per heavy atom. The van der Waals surface area contributed by atoms with Crippen LogP contribution in [-0.4, -0.2) is 23.0 Å². The number of nitrogens with two attached hydrogens (primary N) is 1. The maximum atomic E-state index is 5.49. The zero-order chi connectivity index (χ0) is 11.7. The molecule has 0 aromatic carbocycles. The maximum Gasteiger partial charge on any atom is 0.144 e. The lowest BCUT2D eigenvalue weighted by molar-refractivity contribution is 0.303. The highest BCUT2D eigenvalue weighted by Crippen LogP contribution is 2.38. The van der Waals surface area contributed by atoms with E-state index in [9.17, 15) is 0 Å². The summed E-state index contributed by atoms with van der Waals surface area (Å²) >= 11 is 0. The Balaban J connectivity index is 1.67. The molecule has 0 radical (unpaired) electrons. The monoisotopic (exact) mass is 232 g/mol. The lowest BCUT2D eigenvalue weighted by Crippen LogP contribution is -2.22. The average molecular weight is 232 g/mol. The number of pyridine rings is 1. The van der Waals surface area contributed by atoms with Gasteiger partial charge in [-0.1, -0.05) is 12.5 Å². The van der Waals surface area contributed by atoms with Gasteiger partial charge in [0.25, 0.3) is 0 Å². The van der Waals surface area contributed by atoms with Gasteiger partial charge in [-0.3, -0.25) is 4.90 Å². The van der Waals surface area contributed by atoms with Gasteiger partial charge in [0.05, 0.1) is 0 Å². The Kier molecular flexibility index (Phi) is 2.99. The van der Waals surface area contributed by atoms with Crippen LogP contribution in [0.3, 0.4) is 0 Å². The number of aromatic nitrogens is 1. The number of likely N-dealkylation sites (tertiary alicyclic amines) is 1. The van der Waals surface area contributed by atoms with Gasteiger partial charge in [-0.15, -0.1) is 0 Å². The minimum absolute atomic E-state index is 0.810. The van der Waals surface area contributed by atoms with Crippen molar-refractivity contribution in [3.8, 4) is 0 Å². The van der Waals surface area contributed by atoms with Gasteiger partial charge in [0.1, 0.15) is 5.82 Å². The van der Waals surface area contributed by atoms with Crippen LogP contribution in [-0.2, 0) is 6.54 Å². The predicted octanol–water partition coefficient (Wildman–Crippen LogP) is 1.60. The van der Waals surface area contributed by atoms with Crippen molar-refractivity contribution in [2.75, 3.05) is 18.5 Å². The van der Waals surface area contributed by atoms with Gasteiger partial charge in [-0.25, -0.2) is 10.8 Å². The van der Waals surface area contributed by atoms with Crippen molar-refractivity contribution in [1.82, 2.24) is 9.88 Å². The molecule has 2 fully saturated rings. The molecule has 4 nitrogen and oxygen atoms in total. The summed E-state index contributed by atoms with van der Waals surface area (Å²) in [6.07, 6.45) is 6.06. The van der Waals surface area contributed by atoms with Gasteiger partial charge in [0.15, 0.2) is 0 Å². The Labute approximate surface area is 102 Å². The van der Waals surface area contributed by atoms with Crippen LogP contribution in [0.4, 0.5) is 5.82 Å². The van der Waals surface area contributed by atoms with E-state index in [-0.39, 0.29) is 0 Å². The van der Waals surface area contributed by atoms with Crippen molar-refractivity contribution in [2.24, 2.45) is 17.7 Å². The first-order valence-electron chi connectivity index (χ1n) is 6.49. The van der Waals surface area contributed by atoms with Gasteiger partial charge in [-0.2, -0.15) is 0 Å². The zero-order valence-corrected chi connectivity index (χ0v) is 10.1. The molecule has 3 rings (SSSR count). The maximum absolute atomic E-state index is 5.49. The minimum atomic E-state index is 0.810. The summed E-state index contributed by atoms with van der Waals surface area (Å²) in [4.78, 5) is 6.80. The number of hydrazine groups is 1. The normalized spacial score (nSPS) is 28.3. The van der Waals surface area contributed by atoms with Gasteiger partial charge in [0.2, 0.25) is 0 Å². The van der Waals surface area contributed by atoms with Gasteiger partial charge in [0, 0.05) is 31.4 Å². The van der Waals surface area contributed by atoms with E-state index in [1.54, 1.807) is 6.20 Å². The van der Waals surface area contributed by atoms with Crippen molar-refractivity contribution < 1.29 is 0 Å². The molecule has 2 unspecified atom stereocenters. The summed E-state index contributed by atoms with van der Waals surface area (Å²) in [6, 6.07) is 4.09. The third-order valence-electron chi connectivity index (χ3n) is 4.22. The van der Waals surface area contributed by atoms with Crippen LogP contribution in [0.15, 0.2) is 18.3 Å². The van der Waals surface area contributed by atoms with Crippen molar-refractivity contribution >= 4 is 5.82 Å². The quantitative estimate of drug-likeness (QED) is 0.614. The van der Waals surface area contributed by atoms with E-state index in [2.05, 4.69) is 21.4 Å². The lowest BCUT2D eigenvalue weighted by atomic mass is 10.0. The molecule has 1 saturated carbocycles. The number of hydrogen-bond acceptors (Lipinski definition) is 4. The van der Waals surface area contributed by atoms with E-state index in [1.807, 2.05) is 6.07 Å². The van der Waals surface area contributed by atoms with Crippen LogP contribution < -0.4 is 11.3 Å². The SMILES string of the molecule is NNc1ncccc1CN1CC2CCCC2C1. The summed E-state index contributed by atoms with van der Waals surface area (Å²) in [7, 11) is 0. The van der Waals surface area contributed by atoms with Crippen molar-refractivity contribution in [3.63, 3.8) is 0 Å². The van der Waals surface area contributed by atoms with Crippen LogP contribution in [0.25, 0.3) is 0 Å². The second-order valence-electron chi connectivity index (χ2n) is 5.30. The molecule has 0 spiro atoms. The van der Waals surface area contributed by atoms with Crippen LogP contribution in [0.1, 0.15) is 24.8 Å². The number of fused-ring (bicyclic) bond motifs is 1. The molecule has 92 valence electrons. The predicted molar refractivity (Wildman–Crippen MR) is 68.2 cm³/mol. The second kappa shape index (κ2) is 4.63. The van der Waals surface area contributed by atoms with Crippen molar-refractivity contribution in [3.05, 3.63) is 23.9 Å². The van der Waals surface area contributed by atoms with E-state index in [0.29, 0.717) is 0 Å². The molecule has 17 heavy (non-hydrogen) atoms. The number of rotatable bonds is 3. The summed E-state index contributed by atoms with van der Waals surface area (Å²) < 4.78 is 0. The van der Waals surface area contributed by atoms with Gasteiger partial charge < -0.3 is 5.43 Å². The fourth-order valence-electron chi connectivity index (χ4n) is 3.40. The van der Waals surface area contributed by atoms with Crippen molar-refractivity contribution in [1.29, 1.82) is 0 Å². The van der Waals surface area contributed by atoms with Crippen LogP contribution in [0, 0.1) is 11.8 Å². The third kappa shape index (κ3) is 2.15. The Hall–Kier alpha value is -1.13. The minimum Gasteiger partial charge on any atom is -0.308 e. The van der Waals surface area contributed by atoms with Crippen molar-refractivity contribution in [2.45, 2.75) is 25.8 Å². The van der Waals surface area contributed by atoms with E-state index in [4.69, 9.17) is 5.84 Å². The van der Waals surface area contributed by atoms with E-state index >= 15 is 0 Å². The highest BCUT2D eigenvalue weighted by molar-refractivity contribution is 5.42. The first-order valence-corrected chi connectivity index (χ1v) is 6.49. The topological polar surface area (TPSA) is 54.2 Å². The van der Waals surface area contributed by atoms with E-state index < -0.39 is 0 Å². The summed E-state index contributed by atoms with van der Waals surface area (Å²) in [5, 5.41) is 0. The highest BCUT2D eigenvalue weighted by atomic mass is 15.3. The first-order chi connectivity index (χ1) is 8.36. The lowest BCUT2D eigenvalue weighted by Gasteiger charge is -2.18. The van der Waals surface area contributed by atoms with Crippen LogP contribution >= 0.6 is 0 Å². The molecular weight excluding hydrogens is 212 g/mol. The molecule has 2 heterocycles. The third-order valence-corrected chi connectivity index (χ3v) is 4.22. The smallest absolute Gasteiger partial charge is 0.144 e. The molecule has 1 aliphatic carbocycles. The molecule has 2 atom stereocenters. The van der Waals surface area contributed by atoms with E-state index in [1.165, 1.54) is 37.9 Å². The van der Waals surface area contributed by atoms with Gasteiger partial charge >= 0.3 is 0 Å². The number of hydrogen-bond donors (Lipinski definition) is 2. The fourth-order valence-corrected chi connectivity index (χ4v) is 3.40. The standard InChI is InChI=1S/C13H20N4/c14-16-13-12(5-2-6-15-13)9-17-7-10-3-1-4-11(10)8-17/h2,5-6,10-11H,1,3-4,7-9,14H2,(H,15,16). The number of anilines is 1. The molecule has 3 N–H and O–H groups in total. The number of nitrogen functional groups attached to an aromatic ring is 1. The Bertz CT molecular complexity index is 381. The summed E-state index contributed by atoms with van der Waals surface area (Å²) in [6.45, 7) is 3.48. The first kappa shape index (κ1) is 11.0.